The van der Waals surface area contributed by atoms with Crippen LogP contribution in [-0.4, -0.2) is 38.7 Å². The van der Waals surface area contributed by atoms with E-state index in [1.807, 2.05) is 19.1 Å². The van der Waals surface area contributed by atoms with Gasteiger partial charge in [-0.3, -0.25) is 4.79 Å². The molecule has 0 spiro atoms. The number of hydrogen-bond donors (Lipinski definition) is 0. The Labute approximate surface area is 145 Å². The van der Waals surface area contributed by atoms with Crippen LogP contribution in [0, 0.1) is 6.92 Å². The highest BCUT2D eigenvalue weighted by atomic mass is 16.6. The van der Waals surface area contributed by atoms with Crippen molar-refractivity contribution in [1.29, 1.82) is 0 Å². The minimum absolute atomic E-state index is 0.0691. The molecule has 2 aromatic carbocycles. The number of benzene rings is 2. The van der Waals surface area contributed by atoms with Crippen LogP contribution in [0.4, 0.5) is 5.69 Å². The smallest absolute Gasteiger partial charge is 0.348 e. The Morgan fingerprint density at radius 1 is 1.16 bits per heavy atom. The van der Waals surface area contributed by atoms with Crippen molar-refractivity contribution in [2.24, 2.45) is 0 Å². The molecular formula is C19H19NO5. The monoisotopic (exact) mass is 341 g/mol. The molecule has 2 aromatic rings. The molecule has 6 nitrogen and oxygen atoms in total. The number of ether oxygens (including phenoxy) is 3. The number of anilines is 1. The van der Waals surface area contributed by atoms with Crippen LogP contribution in [0.5, 0.6) is 11.5 Å². The average molecular weight is 341 g/mol. The highest BCUT2D eigenvalue weighted by molar-refractivity contribution is 6.09. The van der Waals surface area contributed by atoms with Crippen LogP contribution in [0.15, 0.2) is 42.5 Å². The summed E-state index contributed by atoms with van der Waals surface area (Å²) in [4.78, 5) is 26.7. The Morgan fingerprint density at radius 2 is 1.92 bits per heavy atom. The number of para-hydroxylation sites is 2. The van der Waals surface area contributed by atoms with Gasteiger partial charge in [-0.25, -0.2) is 4.79 Å². The van der Waals surface area contributed by atoms with Gasteiger partial charge in [0.1, 0.15) is 11.5 Å². The molecular weight excluding hydrogens is 322 g/mol. The summed E-state index contributed by atoms with van der Waals surface area (Å²) in [6.07, 6.45) is -0.875. The number of esters is 1. The number of carbonyl (C=O) groups is 2. The number of methoxy groups -OCH3 is 2. The van der Waals surface area contributed by atoms with Crippen molar-refractivity contribution in [1.82, 2.24) is 0 Å². The van der Waals surface area contributed by atoms with E-state index in [0.29, 0.717) is 22.7 Å². The number of carbonyl (C=O) groups excluding carboxylic acids is 2. The molecule has 0 fully saturated rings. The number of aryl methyl sites for hydroxylation is 1. The molecule has 6 heteroatoms. The molecule has 25 heavy (non-hydrogen) atoms. The average Bonchev–Trinajstić information content (AvgIpc) is 2.65. The zero-order valence-corrected chi connectivity index (χ0v) is 14.3. The maximum absolute atomic E-state index is 13.2. The maximum atomic E-state index is 13.2. The molecule has 1 heterocycles. The Morgan fingerprint density at radius 3 is 2.64 bits per heavy atom. The molecule has 0 aromatic heterocycles. The number of fused-ring (bicyclic) bond motifs is 1. The zero-order chi connectivity index (χ0) is 18.0. The molecule has 0 bridgehead atoms. The van der Waals surface area contributed by atoms with Crippen molar-refractivity contribution < 1.29 is 23.8 Å². The molecule has 0 saturated carbocycles. The van der Waals surface area contributed by atoms with Gasteiger partial charge < -0.3 is 19.1 Å². The van der Waals surface area contributed by atoms with Gasteiger partial charge in [-0.05, 0) is 31.2 Å². The lowest BCUT2D eigenvalue weighted by Crippen LogP contribution is -2.47. The molecule has 3 rings (SSSR count). The van der Waals surface area contributed by atoms with Crippen LogP contribution < -0.4 is 14.4 Å². The topological polar surface area (TPSA) is 65.1 Å². The molecule has 0 radical (unpaired) electrons. The predicted octanol–water partition coefficient (Wildman–Crippen LogP) is 2.58. The lowest BCUT2D eigenvalue weighted by molar-refractivity contribution is -0.148. The first-order valence-electron chi connectivity index (χ1n) is 7.85. The van der Waals surface area contributed by atoms with Gasteiger partial charge in [0.2, 0.25) is 6.10 Å². The van der Waals surface area contributed by atoms with E-state index in [9.17, 15) is 9.59 Å². The van der Waals surface area contributed by atoms with Crippen molar-refractivity contribution in [3.8, 4) is 11.5 Å². The summed E-state index contributed by atoms with van der Waals surface area (Å²) in [6.45, 7) is 1.97. The normalized spacial score (nSPS) is 15.8. The van der Waals surface area contributed by atoms with Crippen molar-refractivity contribution in [2.75, 3.05) is 25.7 Å². The van der Waals surface area contributed by atoms with Crippen LogP contribution >= 0.6 is 0 Å². The molecule has 0 unspecified atom stereocenters. The van der Waals surface area contributed by atoms with Gasteiger partial charge >= 0.3 is 5.97 Å². The Balaban J connectivity index is 2.04. The third kappa shape index (κ3) is 3.15. The molecule has 0 aliphatic carbocycles. The van der Waals surface area contributed by atoms with Gasteiger partial charge in [0, 0.05) is 0 Å². The first-order chi connectivity index (χ1) is 12.0. The van der Waals surface area contributed by atoms with E-state index in [-0.39, 0.29) is 12.5 Å². The summed E-state index contributed by atoms with van der Waals surface area (Å²) in [7, 11) is 2.81. The summed E-state index contributed by atoms with van der Waals surface area (Å²) in [5.41, 5.74) is 1.98. The molecule has 0 saturated heterocycles. The number of hydrogen-bond acceptors (Lipinski definition) is 5. The van der Waals surface area contributed by atoms with Crippen LogP contribution in [0.3, 0.4) is 0 Å². The van der Waals surface area contributed by atoms with Gasteiger partial charge in [-0.15, -0.1) is 0 Å². The van der Waals surface area contributed by atoms with E-state index in [0.717, 1.165) is 5.56 Å². The van der Waals surface area contributed by atoms with E-state index in [2.05, 4.69) is 0 Å². The first kappa shape index (κ1) is 16.8. The highest BCUT2D eigenvalue weighted by Crippen LogP contribution is 2.35. The van der Waals surface area contributed by atoms with Gasteiger partial charge in [0.25, 0.3) is 5.91 Å². The Bertz CT molecular complexity index is 817. The Hall–Kier alpha value is -3.02. The number of nitrogens with zero attached hydrogens (tertiary/aromatic N) is 1. The fraction of sp³-hybridized carbons (Fsp3) is 0.263. The van der Waals surface area contributed by atoms with E-state index >= 15 is 0 Å². The third-order valence-corrected chi connectivity index (χ3v) is 4.07. The van der Waals surface area contributed by atoms with Gasteiger partial charge in [0.15, 0.2) is 0 Å². The van der Waals surface area contributed by atoms with E-state index < -0.39 is 12.1 Å². The van der Waals surface area contributed by atoms with E-state index in [4.69, 9.17) is 14.2 Å². The lowest BCUT2D eigenvalue weighted by Gasteiger charge is -2.33. The molecule has 1 atom stereocenters. The summed E-state index contributed by atoms with van der Waals surface area (Å²) in [5.74, 6) is 0.159. The molecule has 130 valence electrons. The van der Waals surface area contributed by atoms with E-state index in [1.54, 1.807) is 30.3 Å². The summed E-state index contributed by atoms with van der Waals surface area (Å²) < 4.78 is 15.8. The Kier molecular flexibility index (Phi) is 4.61. The zero-order valence-electron chi connectivity index (χ0n) is 14.3. The second kappa shape index (κ2) is 6.84. The van der Waals surface area contributed by atoms with E-state index in [1.165, 1.54) is 19.1 Å². The number of rotatable bonds is 3. The van der Waals surface area contributed by atoms with Crippen molar-refractivity contribution in [3.05, 3.63) is 53.6 Å². The van der Waals surface area contributed by atoms with Crippen molar-refractivity contribution in [2.45, 2.75) is 13.0 Å². The van der Waals surface area contributed by atoms with Gasteiger partial charge in [0.05, 0.1) is 32.0 Å². The van der Waals surface area contributed by atoms with Crippen molar-refractivity contribution >= 4 is 17.6 Å². The quantitative estimate of drug-likeness (QED) is 0.803. The second-order valence-electron chi connectivity index (χ2n) is 5.72. The van der Waals surface area contributed by atoms with Gasteiger partial charge in [-0.2, -0.15) is 0 Å². The molecule has 1 amide bonds. The largest absolute Gasteiger partial charge is 0.496 e. The fourth-order valence-electron chi connectivity index (χ4n) is 2.82. The third-order valence-electron chi connectivity index (χ3n) is 4.07. The first-order valence-corrected chi connectivity index (χ1v) is 7.85. The minimum atomic E-state index is -0.875. The SMILES string of the molecule is COC(=O)[C@@H]1CN(C(=O)c2cc(C)ccc2OC)c2ccccc2O1. The van der Waals surface area contributed by atoms with Crippen LogP contribution in [0.1, 0.15) is 15.9 Å². The minimum Gasteiger partial charge on any atom is -0.496 e. The molecule has 0 N–H and O–H groups in total. The highest BCUT2D eigenvalue weighted by Gasteiger charge is 2.35. The molecule has 1 aliphatic rings. The van der Waals surface area contributed by atoms with Crippen LogP contribution in [0.25, 0.3) is 0 Å². The lowest BCUT2D eigenvalue weighted by atomic mass is 10.1. The molecule has 1 aliphatic heterocycles. The predicted molar refractivity (Wildman–Crippen MR) is 92.3 cm³/mol. The second-order valence-corrected chi connectivity index (χ2v) is 5.72. The summed E-state index contributed by atoms with van der Waals surface area (Å²) in [6, 6.07) is 12.5. The van der Waals surface area contributed by atoms with Crippen molar-refractivity contribution in [3.63, 3.8) is 0 Å². The van der Waals surface area contributed by atoms with Gasteiger partial charge in [-0.1, -0.05) is 23.8 Å². The fourth-order valence-corrected chi connectivity index (χ4v) is 2.82. The summed E-state index contributed by atoms with van der Waals surface area (Å²) >= 11 is 0. The summed E-state index contributed by atoms with van der Waals surface area (Å²) in [5, 5.41) is 0. The van der Waals surface area contributed by atoms with Crippen LogP contribution in [-0.2, 0) is 9.53 Å². The maximum Gasteiger partial charge on any atom is 0.348 e. The van der Waals surface area contributed by atoms with Crippen LogP contribution in [0.2, 0.25) is 0 Å². The number of amides is 1. The standard InChI is InChI=1S/C19H19NO5/c1-12-8-9-15(23-2)13(10-12)18(21)20-11-17(19(22)24-3)25-16-7-5-4-6-14(16)20/h4-10,17H,11H2,1-3H3/t17-/m0/s1.